The monoisotopic (exact) mass is 353 g/mol. The summed E-state index contributed by atoms with van der Waals surface area (Å²) < 4.78 is 1.17. The number of nitrogens with one attached hydrogen (secondary N) is 1. The molecule has 0 aliphatic rings. The smallest absolute Gasteiger partial charge is 0.0547 e. The number of aromatic nitrogens is 1. The number of likely N-dealkylation sites (N-methyl/N-ethyl adjacent to an activating group) is 1. The molecule has 2 rings (SSSR count). The maximum atomic E-state index is 4.53. The quantitative estimate of drug-likeness (QED) is 0.772. The van der Waals surface area contributed by atoms with Crippen LogP contribution in [0, 0.1) is 6.92 Å². The Balaban J connectivity index is 1.66. The highest BCUT2D eigenvalue weighted by Crippen LogP contribution is 2.19. The third-order valence-electron chi connectivity index (χ3n) is 2.97. The first-order chi connectivity index (χ1) is 9.63. The maximum absolute atomic E-state index is 4.53. The zero-order valence-corrected chi connectivity index (χ0v) is 14.3. The van der Waals surface area contributed by atoms with Crippen LogP contribution in [0.25, 0.3) is 0 Å². The van der Waals surface area contributed by atoms with Gasteiger partial charge in [0.15, 0.2) is 0 Å². The minimum absolute atomic E-state index is 0.897. The van der Waals surface area contributed by atoms with Crippen molar-refractivity contribution in [2.45, 2.75) is 20.0 Å². The number of nitrogens with zero attached hydrogens (tertiary/aromatic N) is 2. The second-order valence-electron chi connectivity index (χ2n) is 4.92. The van der Waals surface area contributed by atoms with E-state index in [1.165, 1.54) is 9.35 Å². The van der Waals surface area contributed by atoms with E-state index in [9.17, 15) is 0 Å². The molecule has 108 valence electrons. The average molecular weight is 354 g/mol. The van der Waals surface area contributed by atoms with Crippen LogP contribution in [0.15, 0.2) is 34.1 Å². The lowest BCUT2D eigenvalue weighted by atomic mass is 10.3. The molecule has 0 radical (unpaired) electrons. The number of thiophene rings is 1. The Kier molecular flexibility index (Phi) is 6.16. The van der Waals surface area contributed by atoms with Crippen LogP contribution in [0.3, 0.4) is 0 Å². The first kappa shape index (κ1) is 15.6. The number of pyridine rings is 1. The molecule has 2 aromatic heterocycles. The molecular weight excluding hydrogens is 334 g/mol. The fourth-order valence-corrected chi connectivity index (χ4v) is 3.39. The first-order valence-electron chi connectivity index (χ1n) is 6.68. The standard InChI is InChI=1S/C15H20BrN3S/c1-12-4-3-5-14(18-12)10-19(2)7-6-17-9-15-8-13(16)11-20-15/h3-5,8,11,17H,6-7,9-10H2,1-2H3. The lowest BCUT2D eigenvalue weighted by Crippen LogP contribution is -2.28. The van der Waals surface area contributed by atoms with Crippen molar-refractivity contribution in [2.75, 3.05) is 20.1 Å². The molecule has 0 aliphatic heterocycles. The van der Waals surface area contributed by atoms with E-state index in [1.54, 1.807) is 11.3 Å². The molecule has 2 aromatic rings. The van der Waals surface area contributed by atoms with Crippen molar-refractivity contribution in [1.29, 1.82) is 0 Å². The van der Waals surface area contributed by atoms with E-state index in [0.717, 1.165) is 37.6 Å². The Bertz CT molecular complexity index is 541. The van der Waals surface area contributed by atoms with Crippen LogP contribution < -0.4 is 5.32 Å². The van der Waals surface area contributed by atoms with Gasteiger partial charge in [-0.3, -0.25) is 9.88 Å². The molecule has 2 heterocycles. The summed E-state index contributed by atoms with van der Waals surface area (Å²) in [5.74, 6) is 0. The van der Waals surface area contributed by atoms with E-state index in [0.29, 0.717) is 0 Å². The summed E-state index contributed by atoms with van der Waals surface area (Å²) in [5.41, 5.74) is 2.21. The second-order valence-corrected chi connectivity index (χ2v) is 6.83. The van der Waals surface area contributed by atoms with E-state index < -0.39 is 0 Å². The lowest BCUT2D eigenvalue weighted by molar-refractivity contribution is 0.320. The SMILES string of the molecule is Cc1cccc(CN(C)CCNCc2cc(Br)cs2)n1. The molecule has 0 amide bonds. The molecule has 0 atom stereocenters. The predicted octanol–water partition coefficient (Wildman–Crippen LogP) is 3.44. The van der Waals surface area contributed by atoms with Crippen LogP contribution in [0.1, 0.15) is 16.3 Å². The summed E-state index contributed by atoms with van der Waals surface area (Å²) in [7, 11) is 2.13. The maximum Gasteiger partial charge on any atom is 0.0547 e. The van der Waals surface area contributed by atoms with Gasteiger partial charge in [-0.2, -0.15) is 0 Å². The van der Waals surface area contributed by atoms with Crippen LogP contribution >= 0.6 is 27.3 Å². The normalized spacial score (nSPS) is 11.2. The summed E-state index contributed by atoms with van der Waals surface area (Å²) in [5, 5.41) is 5.59. The Morgan fingerprint density at radius 2 is 2.25 bits per heavy atom. The van der Waals surface area contributed by atoms with Crippen LogP contribution in [0.2, 0.25) is 0 Å². The molecule has 20 heavy (non-hydrogen) atoms. The van der Waals surface area contributed by atoms with E-state index >= 15 is 0 Å². The average Bonchev–Trinajstić information content (AvgIpc) is 2.80. The van der Waals surface area contributed by atoms with Gasteiger partial charge in [-0.05, 0) is 48.1 Å². The Hall–Kier alpha value is -0.750. The van der Waals surface area contributed by atoms with Crippen LogP contribution in [0.5, 0.6) is 0 Å². The summed E-state index contributed by atoms with van der Waals surface area (Å²) in [6.45, 7) is 5.87. The molecule has 0 fully saturated rings. The highest BCUT2D eigenvalue weighted by Gasteiger charge is 2.02. The number of hydrogen-bond donors (Lipinski definition) is 1. The molecule has 0 spiro atoms. The van der Waals surface area contributed by atoms with E-state index in [-0.39, 0.29) is 0 Å². The van der Waals surface area contributed by atoms with Crippen molar-refractivity contribution < 1.29 is 0 Å². The molecule has 0 bridgehead atoms. The molecule has 0 unspecified atom stereocenters. The molecule has 0 aliphatic carbocycles. The number of aryl methyl sites for hydroxylation is 1. The summed E-state index contributed by atoms with van der Waals surface area (Å²) >= 11 is 5.25. The Morgan fingerprint density at radius 1 is 1.40 bits per heavy atom. The number of rotatable bonds is 7. The third-order valence-corrected chi connectivity index (χ3v) is 4.67. The van der Waals surface area contributed by atoms with Crippen LogP contribution in [-0.2, 0) is 13.1 Å². The van der Waals surface area contributed by atoms with Gasteiger partial charge in [-0.1, -0.05) is 6.07 Å². The summed E-state index contributed by atoms with van der Waals surface area (Å²) in [6, 6.07) is 8.35. The van der Waals surface area contributed by atoms with Crippen molar-refractivity contribution >= 4 is 27.3 Å². The van der Waals surface area contributed by atoms with Crippen molar-refractivity contribution in [3.8, 4) is 0 Å². The van der Waals surface area contributed by atoms with Gasteiger partial charge in [0, 0.05) is 46.6 Å². The molecule has 0 saturated carbocycles. The zero-order chi connectivity index (χ0) is 14.4. The fraction of sp³-hybridized carbons (Fsp3) is 0.400. The van der Waals surface area contributed by atoms with Crippen LogP contribution in [0.4, 0.5) is 0 Å². The fourth-order valence-electron chi connectivity index (χ4n) is 1.97. The van der Waals surface area contributed by atoms with Gasteiger partial charge in [-0.15, -0.1) is 11.3 Å². The van der Waals surface area contributed by atoms with Gasteiger partial charge >= 0.3 is 0 Å². The van der Waals surface area contributed by atoms with Crippen LogP contribution in [-0.4, -0.2) is 30.0 Å². The molecule has 0 saturated heterocycles. The molecule has 0 aromatic carbocycles. The van der Waals surface area contributed by atoms with Crippen molar-refractivity contribution in [1.82, 2.24) is 15.2 Å². The summed E-state index contributed by atoms with van der Waals surface area (Å²) in [4.78, 5) is 8.18. The molecule has 3 nitrogen and oxygen atoms in total. The van der Waals surface area contributed by atoms with Crippen molar-refractivity contribution in [2.24, 2.45) is 0 Å². The molecule has 5 heteroatoms. The third kappa shape index (κ3) is 5.32. The lowest BCUT2D eigenvalue weighted by Gasteiger charge is -2.16. The van der Waals surface area contributed by atoms with Crippen molar-refractivity contribution in [3.63, 3.8) is 0 Å². The number of halogens is 1. The topological polar surface area (TPSA) is 28.2 Å². The van der Waals surface area contributed by atoms with Gasteiger partial charge in [0.05, 0.1) is 5.69 Å². The second kappa shape index (κ2) is 7.88. The highest BCUT2D eigenvalue weighted by atomic mass is 79.9. The van der Waals surface area contributed by atoms with Gasteiger partial charge in [0.2, 0.25) is 0 Å². The van der Waals surface area contributed by atoms with Gasteiger partial charge in [-0.25, -0.2) is 0 Å². The minimum Gasteiger partial charge on any atom is -0.311 e. The van der Waals surface area contributed by atoms with Gasteiger partial charge in [0.1, 0.15) is 0 Å². The minimum atomic E-state index is 0.897. The van der Waals surface area contributed by atoms with E-state index in [1.807, 2.05) is 13.0 Å². The largest absolute Gasteiger partial charge is 0.311 e. The van der Waals surface area contributed by atoms with Gasteiger partial charge in [0.25, 0.3) is 0 Å². The van der Waals surface area contributed by atoms with E-state index in [4.69, 9.17) is 0 Å². The van der Waals surface area contributed by atoms with E-state index in [2.05, 4.69) is 61.8 Å². The Morgan fingerprint density at radius 3 is 2.95 bits per heavy atom. The predicted molar refractivity (Wildman–Crippen MR) is 89.0 cm³/mol. The summed E-state index contributed by atoms with van der Waals surface area (Å²) in [6.07, 6.45) is 0. The first-order valence-corrected chi connectivity index (χ1v) is 8.35. The number of hydrogen-bond acceptors (Lipinski definition) is 4. The van der Waals surface area contributed by atoms with Crippen molar-refractivity contribution in [3.05, 3.63) is 50.4 Å². The Labute approximate surface area is 133 Å². The molecule has 1 N–H and O–H groups in total. The zero-order valence-electron chi connectivity index (χ0n) is 11.9. The highest BCUT2D eigenvalue weighted by molar-refractivity contribution is 9.10. The van der Waals surface area contributed by atoms with Gasteiger partial charge < -0.3 is 5.32 Å². The molecular formula is C15H20BrN3S.